The maximum Gasteiger partial charge on any atom is 0.250 e. The van der Waals surface area contributed by atoms with Crippen LogP contribution in [0.15, 0.2) is 72.8 Å². The first-order valence-electron chi connectivity index (χ1n) is 10.6. The average molecular weight is 452 g/mol. The van der Waals surface area contributed by atoms with Crippen LogP contribution >= 0.6 is 0 Å². The van der Waals surface area contributed by atoms with E-state index < -0.39 is 11.8 Å². The molecule has 0 bridgehead atoms. The van der Waals surface area contributed by atoms with Crippen molar-refractivity contribution in [2.45, 2.75) is 6.92 Å². The molecule has 2 amide bonds. The van der Waals surface area contributed by atoms with Gasteiger partial charge in [0.25, 0.3) is 5.91 Å². The molecule has 0 aliphatic rings. The van der Waals surface area contributed by atoms with Crippen molar-refractivity contribution in [1.82, 2.24) is 4.98 Å². The fourth-order valence-electron chi connectivity index (χ4n) is 4.35. The van der Waals surface area contributed by atoms with Gasteiger partial charge in [-0.25, -0.2) is 4.39 Å². The molecule has 0 aliphatic heterocycles. The predicted octanol–water partition coefficient (Wildman–Crippen LogP) is 5.38. The number of hydrogen-bond acceptors (Lipinski definition) is 3. The van der Waals surface area contributed by atoms with Crippen molar-refractivity contribution in [1.29, 1.82) is 0 Å². The molecule has 0 radical (unpaired) electrons. The molecule has 6 nitrogen and oxygen atoms in total. The first-order valence-corrected chi connectivity index (χ1v) is 10.6. The minimum atomic E-state index is -0.554. The third-order valence-electron chi connectivity index (χ3n) is 6.05. The number of nitrogens with two attached hydrogens (primary N) is 2. The zero-order valence-electron chi connectivity index (χ0n) is 18.3. The molecule has 0 spiro atoms. The Bertz CT molecular complexity index is 1600. The summed E-state index contributed by atoms with van der Waals surface area (Å²) in [5.41, 5.74) is 17.6. The highest BCUT2D eigenvalue weighted by Gasteiger charge is 2.19. The van der Waals surface area contributed by atoms with E-state index in [0.717, 1.165) is 38.8 Å². The fourth-order valence-corrected chi connectivity index (χ4v) is 4.35. The van der Waals surface area contributed by atoms with E-state index in [-0.39, 0.29) is 5.82 Å². The third kappa shape index (κ3) is 3.53. The zero-order valence-corrected chi connectivity index (χ0v) is 18.3. The van der Waals surface area contributed by atoms with Crippen LogP contribution in [0.2, 0.25) is 0 Å². The Morgan fingerprint density at radius 1 is 0.882 bits per heavy atom. The van der Waals surface area contributed by atoms with Gasteiger partial charge in [-0.3, -0.25) is 9.59 Å². The Balaban J connectivity index is 1.73. The molecule has 0 fully saturated rings. The van der Waals surface area contributed by atoms with E-state index in [1.165, 1.54) is 12.1 Å². The van der Waals surface area contributed by atoms with Crippen LogP contribution in [0.25, 0.3) is 32.9 Å². The minimum absolute atomic E-state index is 0.299. The Hall–Kier alpha value is -4.65. The Labute approximate surface area is 194 Å². The van der Waals surface area contributed by atoms with Crippen LogP contribution < -0.4 is 16.8 Å². The highest BCUT2D eigenvalue weighted by atomic mass is 19.1. The van der Waals surface area contributed by atoms with Gasteiger partial charge >= 0.3 is 0 Å². The van der Waals surface area contributed by atoms with Crippen LogP contribution in [0.3, 0.4) is 0 Å². The number of hydrogen-bond donors (Lipinski definition) is 4. The highest BCUT2D eigenvalue weighted by Crippen LogP contribution is 2.39. The molecule has 0 saturated carbocycles. The van der Waals surface area contributed by atoms with Crippen LogP contribution in [0.5, 0.6) is 0 Å². The summed E-state index contributed by atoms with van der Waals surface area (Å²) in [4.78, 5) is 27.1. The second-order valence-corrected chi connectivity index (χ2v) is 8.13. The minimum Gasteiger partial charge on any atom is -0.366 e. The number of aromatic amines is 1. The first-order chi connectivity index (χ1) is 16.3. The molecule has 5 aromatic rings. The molecule has 6 N–H and O–H groups in total. The number of fused-ring (bicyclic) bond motifs is 3. The van der Waals surface area contributed by atoms with Crippen LogP contribution in [0, 0.1) is 12.7 Å². The largest absolute Gasteiger partial charge is 0.366 e. The summed E-state index contributed by atoms with van der Waals surface area (Å²) in [7, 11) is 0. The van der Waals surface area contributed by atoms with Gasteiger partial charge in [-0.05, 0) is 72.1 Å². The van der Waals surface area contributed by atoms with Gasteiger partial charge in [-0.15, -0.1) is 0 Å². The molecule has 34 heavy (non-hydrogen) atoms. The van der Waals surface area contributed by atoms with E-state index in [2.05, 4.69) is 10.3 Å². The van der Waals surface area contributed by atoms with E-state index >= 15 is 0 Å². The number of benzene rings is 4. The summed E-state index contributed by atoms with van der Waals surface area (Å²) in [6, 6.07) is 20.8. The zero-order chi connectivity index (χ0) is 24.0. The van der Waals surface area contributed by atoms with Crippen molar-refractivity contribution in [2.24, 2.45) is 11.5 Å². The summed E-state index contributed by atoms with van der Waals surface area (Å²) in [5, 5.41) is 5.00. The number of primary amides is 2. The van der Waals surface area contributed by atoms with Crippen molar-refractivity contribution >= 4 is 45.0 Å². The number of anilines is 2. The summed E-state index contributed by atoms with van der Waals surface area (Å²) in [6.07, 6.45) is 0. The van der Waals surface area contributed by atoms with Gasteiger partial charge < -0.3 is 21.8 Å². The Morgan fingerprint density at radius 3 is 2.35 bits per heavy atom. The number of rotatable bonds is 5. The number of halogens is 1. The van der Waals surface area contributed by atoms with Crippen LogP contribution in [-0.4, -0.2) is 16.8 Å². The van der Waals surface area contributed by atoms with Crippen molar-refractivity contribution in [3.63, 3.8) is 0 Å². The number of H-pyrrole nitrogens is 1. The normalized spacial score (nSPS) is 11.1. The first kappa shape index (κ1) is 21.2. The lowest BCUT2D eigenvalue weighted by atomic mass is 9.93. The van der Waals surface area contributed by atoms with E-state index in [1.54, 1.807) is 30.3 Å². The van der Waals surface area contributed by atoms with E-state index in [4.69, 9.17) is 11.5 Å². The number of carbonyl (C=O) groups excluding carboxylic acids is 2. The molecular formula is C27H21FN4O2. The van der Waals surface area contributed by atoms with Gasteiger partial charge in [-0.2, -0.15) is 0 Å². The topological polar surface area (TPSA) is 114 Å². The molecule has 5 rings (SSSR count). The summed E-state index contributed by atoms with van der Waals surface area (Å²) >= 11 is 0. The van der Waals surface area contributed by atoms with Crippen molar-refractivity contribution < 1.29 is 14.0 Å². The van der Waals surface area contributed by atoms with Gasteiger partial charge in [-0.1, -0.05) is 24.3 Å². The standard InChI is InChI=1S/C27H21FN4O2/c1-14-18(3-2-4-22(14)31-17-8-6-16(28)7-9-17)19-11-12-21(27(30)34)25-24(19)20-10-5-15(26(29)33)13-23(20)32-25/h2-13,31-32H,1H3,(H2,29,33)(H2,30,34). The Kier molecular flexibility index (Phi) is 5.02. The van der Waals surface area contributed by atoms with Crippen LogP contribution in [0.1, 0.15) is 26.3 Å². The lowest BCUT2D eigenvalue weighted by Gasteiger charge is -2.15. The number of carbonyl (C=O) groups is 2. The van der Waals surface area contributed by atoms with Crippen molar-refractivity contribution in [3.05, 3.63) is 95.3 Å². The Morgan fingerprint density at radius 2 is 1.65 bits per heavy atom. The third-order valence-corrected chi connectivity index (χ3v) is 6.05. The van der Waals surface area contributed by atoms with Gasteiger partial charge in [0.1, 0.15) is 5.82 Å². The van der Waals surface area contributed by atoms with Crippen molar-refractivity contribution in [3.8, 4) is 11.1 Å². The molecule has 0 unspecified atom stereocenters. The number of nitrogens with one attached hydrogen (secondary N) is 2. The van der Waals surface area contributed by atoms with Gasteiger partial charge in [0.05, 0.1) is 11.1 Å². The average Bonchev–Trinajstić information content (AvgIpc) is 3.20. The second kappa shape index (κ2) is 8.04. The van der Waals surface area contributed by atoms with Crippen LogP contribution in [0.4, 0.5) is 15.8 Å². The smallest absolute Gasteiger partial charge is 0.250 e. The van der Waals surface area contributed by atoms with Crippen LogP contribution in [-0.2, 0) is 0 Å². The fraction of sp³-hybridized carbons (Fsp3) is 0.0370. The molecule has 168 valence electrons. The van der Waals surface area contributed by atoms with E-state index in [9.17, 15) is 14.0 Å². The molecule has 7 heteroatoms. The number of aromatic nitrogens is 1. The van der Waals surface area contributed by atoms with Gasteiger partial charge in [0.2, 0.25) is 5.91 Å². The highest BCUT2D eigenvalue weighted by molar-refractivity contribution is 6.20. The van der Waals surface area contributed by atoms with E-state index in [1.807, 2.05) is 37.3 Å². The maximum absolute atomic E-state index is 13.3. The molecule has 1 heterocycles. The predicted molar refractivity (Wildman–Crippen MR) is 133 cm³/mol. The van der Waals surface area contributed by atoms with Gasteiger partial charge in [0.15, 0.2) is 0 Å². The second-order valence-electron chi connectivity index (χ2n) is 8.13. The molecule has 0 atom stereocenters. The summed E-state index contributed by atoms with van der Waals surface area (Å²) < 4.78 is 13.3. The SMILES string of the molecule is Cc1c(Nc2ccc(F)cc2)cccc1-c1ccc(C(N)=O)c2[nH]c3cc(C(N)=O)ccc3c12. The quantitative estimate of drug-likeness (QED) is 0.287. The summed E-state index contributed by atoms with van der Waals surface area (Å²) in [6.45, 7) is 2.00. The van der Waals surface area contributed by atoms with E-state index in [0.29, 0.717) is 22.2 Å². The molecular weight excluding hydrogens is 431 g/mol. The number of amides is 2. The van der Waals surface area contributed by atoms with Crippen molar-refractivity contribution in [2.75, 3.05) is 5.32 Å². The molecule has 0 aliphatic carbocycles. The molecule has 4 aromatic carbocycles. The molecule has 0 saturated heterocycles. The maximum atomic E-state index is 13.3. The lowest BCUT2D eigenvalue weighted by Crippen LogP contribution is -2.11. The monoisotopic (exact) mass is 452 g/mol. The van der Waals surface area contributed by atoms with Gasteiger partial charge in [0, 0.05) is 33.2 Å². The summed E-state index contributed by atoms with van der Waals surface area (Å²) in [5.74, 6) is -1.39. The molecule has 1 aromatic heterocycles. The lowest BCUT2D eigenvalue weighted by molar-refractivity contribution is 0.0992.